The molecule has 0 amide bonds. The van der Waals surface area contributed by atoms with Crippen LogP contribution in [-0.2, 0) is 4.74 Å². The number of carbonyl (C=O) groups is 1. The first-order valence-electron chi connectivity index (χ1n) is 6.26. The molecule has 102 valence electrons. The summed E-state index contributed by atoms with van der Waals surface area (Å²) in [5.41, 5.74) is 0.856. The molecule has 0 fully saturated rings. The zero-order valence-electron chi connectivity index (χ0n) is 11.2. The lowest BCUT2D eigenvalue weighted by Gasteiger charge is -2.01. The van der Waals surface area contributed by atoms with Crippen molar-refractivity contribution in [3.8, 4) is 5.75 Å². The number of rotatable bonds is 3. The second-order valence-corrected chi connectivity index (χ2v) is 5.30. The maximum Gasteiger partial charge on any atom is 0.348 e. The van der Waals surface area contributed by atoms with Gasteiger partial charge in [0.25, 0.3) is 0 Å². The molecule has 0 saturated carbocycles. The number of methoxy groups -OCH3 is 1. The van der Waals surface area contributed by atoms with Gasteiger partial charge in [-0.05, 0) is 31.2 Å². The van der Waals surface area contributed by atoms with E-state index in [9.17, 15) is 4.79 Å². The molecule has 5 heteroatoms. The van der Waals surface area contributed by atoms with E-state index in [1.807, 2.05) is 30.3 Å². The fourth-order valence-electron chi connectivity index (χ4n) is 2.04. The molecule has 0 N–H and O–H groups in total. The van der Waals surface area contributed by atoms with E-state index in [-0.39, 0.29) is 5.97 Å². The van der Waals surface area contributed by atoms with Crippen molar-refractivity contribution in [3.63, 3.8) is 0 Å². The number of fused-ring (bicyclic) bond motifs is 2. The van der Waals surface area contributed by atoms with Crippen LogP contribution in [-0.4, -0.2) is 24.7 Å². The first kappa shape index (κ1) is 12.9. The normalized spacial score (nSPS) is 10.9. The molecule has 0 bridgehead atoms. The highest BCUT2D eigenvalue weighted by Crippen LogP contribution is 2.29. The zero-order chi connectivity index (χ0) is 14.1. The van der Waals surface area contributed by atoms with E-state index in [4.69, 9.17) is 9.47 Å². The molecule has 2 aromatic heterocycles. The van der Waals surface area contributed by atoms with Gasteiger partial charge in [0.05, 0.1) is 19.2 Å². The van der Waals surface area contributed by atoms with Gasteiger partial charge in [0, 0.05) is 16.8 Å². The quantitative estimate of drug-likeness (QED) is 0.690. The Morgan fingerprint density at radius 1 is 1.25 bits per heavy atom. The molecule has 0 unspecified atom stereocenters. The Morgan fingerprint density at radius 3 is 2.85 bits per heavy atom. The van der Waals surface area contributed by atoms with Crippen molar-refractivity contribution in [3.05, 3.63) is 35.2 Å². The van der Waals surface area contributed by atoms with Gasteiger partial charge in [0.2, 0.25) is 0 Å². The van der Waals surface area contributed by atoms with Crippen molar-refractivity contribution in [1.29, 1.82) is 0 Å². The molecular formula is C15H13NO3S. The summed E-state index contributed by atoms with van der Waals surface area (Å²) in [5, 5.41) is 1.97. The minimum atomic E-state index is -0.294. The van der Waals surface area contributed by atoms with Crippen molar-refractivity contribution in [2.75, 3.05) is 13.7 Å². The lowest BCUT2D eigenvalue weighted by molar-refractivity contribution is 0.0532. The summed E-state index contributed by atoms with van der Waals surface area (Å²) in [6, 6.07) is 9.60. The van der Waals surface area contributed by atoms with Gasteiger partial charge in [-0.25, -0.2) is 9.78 Å². The van der Waals surface area contributed by atoms with Crippen LogP contribution in [0.25, 0.3) is 21.1 Å². The number of aromatic nitrogens is 1. The van der Waals surface area contributed by atoms with Crippen LogP contribution in [0.15, 0.2) is 30.3 Å². The largest absolute Gasteiger partial charge is 0.497 e. The minimum Gasteiger partial charge on any atom is -0.497 e. The molecule has 0 aliphatic rings. The topological polar surface area (TPSA) is 48.4 Å². The summed E-state index contributed by atoms with van der Waals surface area (Å²) in [4.78, 5) is 17.7. The molecule has 0 atom stereocenters. The zero-order valence-corrected chi connectivity index (χ0v) is 12.0. The van der Waals surface area contributed by atoms with Crippen LogP contribution in [0.3, 0.4) is 0 Å². The molecule has 20 heavy (non-hydrogen) atoms. The summed E-state index contributed by atoms with van der Waals surface area (Å²) in [6.07, 6.45) is 0. The molecule has 1 aromatic carbocycles. The molecule has 2 heterocycles. The van der Waals surface area contributed by atoms with Crippen LogP contribution in [0.5, 0.6) is 5.75 Å². The Bertz CT molecular complexity index is 794. The van der Waals surface area contributed by atoms with Crippen LogP contribution in [0.4, 0.5) is 0 Å². The first-order chi connectivity index (χ1) is 9.71. The second kappa shape index (κ2) is 5.09. The van der Waals surface area contributed by atoms with Gasteiger partial charge in [0.15, 0.2) is 0 Å². The number of pyridine rings is 1. The third kappa shape index (κ3) is 2.20. The molecule has 3 aromatic rings. The van der Waals surface area contributed by atoms with E-state index in [1.54, 1.807) is 14.0 Å². The lowest BCUT2D eigenvalue weighted by Crippen LogP contribution is -2.01. The molecular weight excluding hydrogens is 274 g/mol. The van der Waals surface area contributed by atoms with Gasteiger partial charge >= 0.3 is 5.97 Å². The molecule has 4 nitrogen and oxygen atoms in total. The van der Waals surface area contributed by atoms with E-state index in [2.05, 4.69) is 4.98 Å². The average molecular weight is 287 g/mol. The maximum atomic E-state index is 11.7. The van der Waals surface area contributed by atoms with Crippen LogP contribution in [0.2, 0.25) is 0 Å². The Kier molecular flexibility index (Phi) is 3.28. The number of esters is 1. The summed E-state index contributed by atoms with van der Waals surface area (Å²) in [7, 11) is 1.63. The van der Waals surface area contributed by atoms with Crippen LogP contribution < -0.4 is 4.74 Å². The number of carbonyl (C=O) groups excluding carboxylic acids is 1. The number of nitrogens with zero attached hydrogens (tertiary/aromatic N) is 1. The fraction of sp³-hybridized carbons (Fsp3) is 0.200. The van der Waals surface area contributed by atoms with Crippen LogP contribution in [0.1, 0.15) is 16.6 Å². The molecule has 0 aliphatic heterocycles. The van der Waals surface area contributed by atoms with E-state index >= 15 is 0 Å². The SMILES string of the molecule is CCOC(=O)c1cc2cc3ccc(OC)cc3nc2s1. The highest BCUT2D eigenvalue weighted by Gasteiger charge is 2.12. The van der Waals surface area contributed by atoms with E-state index in [0.717, 1.165) is 26.9 Å². The minimum absolute atomic E-state index is 0.294. The standard InChI is InChI=1S/C15H13NO3S/c1-3-19-15(17)13-7-10-6-9-4-5-11(18-2)8-12(9)16-14(10)20-13/h4-8H,3H2,1-2H3. The van der Waals surface area contributed by atoms with Gasteiger partial charge < -0.3 is 9.47 Å². The van der Waals surface area contributed by atoms with Gasteiger partial charge in [-0.1, -0.05) is 0 Å². The summed E-state index contributed by atoms with van der Waals surface area (Å²) in [5.74, 6) is 0.476. The third-order valence-electron chi connectivity index (χ3n) is 2.99. The molecule has 0 radical (unpaired) electrons. The highest BCUT2D eigenvalue weighted by molar-refractivity contribution is 7.20. The van der Waals surface area contributed by atoms with Crippen molar-refractivity contribution < 1.29 is 14.3 Å². The Morgan fingerprint density at radius 2 is 2.10 bits per heavy atom. The average Bonchev–Trinajstić information content (AvgIpc) is 2.87. The second-order valence-electron chi connectivity index (χ2n) is 4.27. The summed E-state index contributed by atoms with van der Waals surface area (Å²) >= 11 is 1.35. The summed E-state index contributed by atoms with van der Waals surface area (Å²) < 4.78 is 10.2. The predicted molar refractivity (Wildman–Crippen MR) is 79.6 cm³/mol. The Balaban J connectivity index is 2.13. The molecule has 0 aliphatic carbocycles. The van der Waals surface area contributed by atoms with Gasteiger partial charge in [-0.2, -0.15) is 0 Å². The van der Waals surface area contributed by atoms with Gasteiger partial charge in [-0.15, -0.1) is 11.3 Å². The monoisotopic (exact) mass is 287 g/mol. The van der Waals surface area contributed by atoms with Crippen molar-refractivity contribution in [1.82, 2.24) is 4.98 Å². The lowest BCUT2D eigenvalue weighted by atomic mass is 10.2. The van der Waals surface area contributed by atoms with E-state index < -0.39 is 0 Å². The molecule has 0 spiro atoms. The third-order valence-corrected chi connectivity index (χ3v) is 4.01. The van der Waals surface area contributed by atoms with Gasteiger partial charge in [-0.3, -0.25) is 0 Å². The van der Waals surface area contributed by atoms with Gasteiger partial charge in [0.1, 0.15) is 15.5 Å². The molecule has 3 rings (SSSR count). The van der Waals surface area contributed by atoms with Crippen molar-refractivity contribution >= 4 is 38.4 Å². The number of thiophene rings is 1. The fourth-order valence-corrected chi connectivity index (χ4v) is 2.95. The van der Waals surface area contributed by atoms with E-state index in [1.165, 1.54) is 11.3 Å². The smallest absolute Gasteiger partial charge is 0.348 e. The van der Waals surface area contributed by atoms with E-state index in [0.29, 0.717) is 11.5 Å². The highest BCUT2D eigenvalue weighted by atomic mass is 32.1. The summed E-state index contributed by atoms with van der Waals surface area (Å²) in [6.45, 7) is 2.17. The van der Waals surface area contributed by atoms with Crippen LogP contribution in [0, 0.1) is 0 Å². The Hall–Kier alpha value is -2.14. The predicted octanol–water partition coefficient (Wildman–Crippen LogP) is 3.63. The van der Waals surface area contributed by atoms with Crippen LogP contribution >= 0.6 is 11.3 Å². The maximum absolute atomic E-state index is 11.7. The van der Waals surface area contributed by atoms with Crippen molar-refractivity contribution in [2.24, 2.45) is 0 Å². The number of ether oxygens (including phenoxy) is 2. The number of benzene rings is 1. The van der Waals surface area contributed by atoms with Crippen molar-refractivity contribution in [2.45, 2.75) is 6.92 Å². The number of hydrogen-bond donors (Lipinski definition) is 0. The first-order valence-corrected chi connectivity index (χ1v) is 7.08. The Labute approximate surface area is 120 Å². The molecule has 0 saturated heterocycles. The number of hydrogen-bond acceptors (Lipinski definition) is 5.